The summed E-state index contributed by atoms with van der Waals surface area (Å²) in [5.41, 5.74) is 6.67. The Balaban J connectivity index is 1.79. The molecule has 0 aliphatic carbocycles. The van der Waals surface area contributed by atoms with Crippen LogP contribution in [0.2, 0.25) is 0 Å². The zero-order valence-electron chi connectivity index (χ0n) is 11.2. The molecule has 0 saturated heterocycles. The Morgan fingerprint density at radius 1 is 1.24 bits per heavy atom. The van der Waals surface area contributed by atoms with Crippen LogP contribution in [-0.4, -0.2) is 24.2 Å². The number of nitrogens with two attached hydrogens (primary N) is 1. The van der Waals surface area contributed by atoms with Gasteiger partial charge in [-0.2, -0.15) is 0 Å². The van der Waals surface area contributed by atoms with Gasteiger partial charge in [0, 0.05) is 11.3 Å². The molecule has 0 aliphatic heterocycles. The van der Waals surface area contributed by atoms with Crippen molar-refractivity contribution in [3.8, 4) is 11.5 Å². The first-order chi connectivity index (χ1) is 10.1. The Labute approximate surface area is 136 Å². The first kappa shape index (κ1) is 15.4. The minimum absolute atomic E-state index is 0.0985. The predicted molar refractivity (Wildman–Crippen MR) is 89.5 cm³/mol. The third-order valence-electron chi connectivity index (χ3n) is 2.74. The third kappa shape index (κ3) is 4.52. The molecule has 5 nitrogen and oxygen atoms in total. The normalized spacial score (nSPS) is 10.1. The van der Waals surface area contributed by atoms with E-state index in [1.165, 1.54) is 6.07 Å². The van der Waals surface area contributed by atoms with E-state index in [-0.39, 0.29) is 11.7 Å². The summed E-state index contributed by atoms with van der Waals surface area (Å²) in [5.74, 6) is 0.550. The average Bonchev–Trinajstić information content (AvgIpc) is 2.48. The monoisotopic (exact) mass is 398 g/mol. The Kier molecular flexibility index (Phi) is 5.26. The second kappa shape index (κ2) is 7.16. The van der Waals surface area contributed by atoms with Crippen molar-refractivity contribution in [2.24, 2.45) is 0 Å². The van der Waals surface area contributed by atoms with Crippen LogP contribution in [-0.2, 0) is 0 Å². The quantitative estimate of drug-likeness (QED) is 0.410. The largest absolute Gasteiger partial charge is 0.507 e. The van der Waals surface area contributed by atoms with Crippen molar-refractivity contribution >= 4 is 34.2 Å². The number of aromatic hydroxyl groups is 1. The summed E-state index contributed by atoms with van der Waals surface area (Å²) in [6, 6.07) is 11.8. The molecule has 0 atom stereocenters. The van der Waals surface area contributed by atoms with Gasteiger partial charge in [0.2, 0.25) is 0 Å². The topological polar surface area (TPSA) is 84.6 Å². The molecule has 0 bridgehead atoms. The van der Waals surface area contributed by atoms with Gasteiger partial charge in [-0.25, -0.2) is 0 Å². The summed E-state index contributed by atoms with van der Waals surface area (Å²) in [4.78, 5) is 11.9. The van der Waals surface area contributed by atoms with E-state index in [0.29, 0.717) is 33.7 Å². The van der Waals surface area contributed by atoms with Gasteiger partial charge < -0.3 is 20.9 Å². The molecule has 21 heavy (non-hydrogen) atoms. The fraction of sp³-hybridized carbons (Fsp3) is 0.133. The van der Waals surface area contributed by atoms with E-state index in [1.807, 2.05) is 22.6 Å². The maximum absolute atomic E-state index is 11.9. The summed E-state index contributed by atoms with van der Waals surface area (Å²) >= 11 is 2.00. The molecular formula is C15H15IN2O3. The van der Waals surface area contributed by atoms with Crippen molar-refractivity contribution in [2.75, 3.05) is 18.9 Å². The second-order valence-corrected chi connectivity index (χ2v) is 5.50. The number of benzene rings is 2. The van der Waals surface area contributed by atoms with Crippen LogP contribution >= 0.6 is 22.6 Å². The number of halogens is 1. The second-order valence-electron chi connectivity index (χ2n) is 4.34. The highest BCUT2D eigenvalue weighted by Crippen LogP contribution is 2.20. The number of nitrogen functional groups attached to an aromatic ring is 1. The first-order valence-electron chi connectivity index (χ1n) is 6.31. The molecule has 2 aromatic rings. The van der Waals surface area contributed by atoms with Crippen LogP contribution in [0.5, 0.6) is 11.5 Å². The number of ether oxygens (including phenoxy) is 1. The maximum atomic E-state index is 11.9. The number of carbonyl (C=O) groups is 1. The number of nitrogens with one attached hydrogen (secondary N) is 1. The Morgan fingerprint density at radius 2 is 1.95 bits per heavy atom. The van der Waals surface area contributed by atoms with Gasteiger partial charge in [0.15, 0.2) is 0 Å². The summed E-state index contributed by atoms with van der Waals surface area (Å²) in [6.07, 6.45) is 0. The highest BCUT2D eigenvalue weighted by molar-refractivity contribution is 14.1. The molecule has 4 N–H and O–H groups in total. The lowest BCUT2D eigenvalue weighted by Crippen LogP contribution is -2.28. The Hall–Kier alpha value is -1.96. The molecule has 110 valence electrons. The van der Waals surface area contributed by atoms with E-state index in [0.717, 1.165) is 0 Å². The summed E-state index contributed by atoms with van der Waals surface area (Å²) in [6.45, 7) is 0.724. The molecule has 0 unspecified atom stereocenters. The highest BCUT2D eigenvalue weighted by Gasteiger charge is 2.07. The van der Waals surface area contributed by atoms with Gasteiger partial charge in [0.05, 0.1) is 10.1 Å². The lowest BCUT2D eigenvalue weighted by atomic mass is 10.2. The fourth-order valence-electron chi connectivity index (χ4n) is 1.65. The van der Waals surface area contributed by atoms with E-state index in [2.05, 4.69) is 5.32 Å². The molecule has 2 aromatic carbocycles. The maximum Gasteiger partial charge on any atom is 0.251 e. The molecule has 0 fully saturated rings. The number of hydrogen-bond donors (Lipinski definition) is 3. The van der Waals surface area contributed by atoms with Crippen LogP contribution in [0.3, 0.4) is 0 Å². The molecule has 0 heterocycles. The van der Waals surface area contributed by atoms with Gasteiger partial charge in [-0.15, -0.1) is 0 Å². The van der Waals surface area contributed by atoms with Crippen molar-refractivity contribution in [3.63, 3.8) is 0 Å². The first-order valence-corrected chi connectivity index (χ1v) is 7.39. The number of anilines is 1. The number of carbonyl (C=O) groups excluding carboxylic acids is 1. The Bertz CT molecular complexity index is 629. The standard InChI is InChI=1S/C15H15IN2O3/c16-13-6-1-10(9-14(13)19)15(20)18-7-8-21-12-4-2-11(17)3-5-12/h1-6,9,19H,7-8,17H2,(H,18,20). The van der Waals surface area contributed by atoms with E-state index in [4.69, 9.17) is 10.5 Å². The van der Waals surface area contributed by atoms with Gasteiger partial charge >= 0.3 is 0 Å². The summed E-state index contributed by atoms with van der Waals surface area (Å²) < 4.78 is 6.17. The zero-order valence-corrected chi connectivity index (χ0v) is 13.3. The lowest BCUT2D eigenvalue weighted by molar-refractivity contribution is 0.0946. The Morgan fingerprint density at radius 3 is 2.62 bits per heavy atom. The highest BCUT2D eigenvalue weighted by atomic mass is 127. The van der Waals surface area contributed by atoms with Crippen molar-refractivity contribution < 1.29 is 14.6 Å². The lowest BCUT2D eigenvalue weighted by Gasteiger charge is -2.08. The molecule has 0 spiro atoms. The minimum Gasteiger partial charge on any atom is -0.507 e. The minimum atomic E-state index is -0.248. The fourth-order valence-corrected chi connectivity index (χ4v) is 1.99. The summed E-state index contributed by atoms with van der Waals surface area (Å²) in [7, 11) is 0. The smallest absolute Gasteiger partial charge is 0.251 e. The van der Waals surface area contributed by atoms with Gasteiger partial charge in [-0.05, 0) is 65.1 Å². The SMILES string of the molecule is Nc1ccc(OCCNC(=O)c2ccc(I)c(O)c2)cc1. The van der Waals surface area contributed by atoms with Crippen LogP contribution in [0.25, 0.3) is 0 Å². The average molecular weight is 398 g/mol. The van der Waals surface area contributed by atoms with E-state index < -0.39 is 0 Å². The van der Waals surface area contributed by atoms with Crippen LogP contribution in [0.4, 0.5) is 5.69 Å². The molecule has 1 amide bonds. The number of phenols is 1. The van der Waals surface area contributed by atoms with Gasteiger partial charge in [-0.1, -0.05) is 0 Å². The molecule has 0 saturated carbocycles. The van der Waals surface area contributed by atoms with E-state index in [9.17, 15) is 9.90 Å². The summed E-state index contributed by atoms with van der Waals surface area (Å²) in [5, 5.41) is 12.3. The van der Waals surface area contributed by atoms with Crippen LogP contribution in [0.1, 0.15) is 10.4 Å². The van der Waals surface area contributed by atoms with Gasteiger partial charge in [-0.3, -0.25) is 4.79 Å². The predicted octanol–water partition coefficient (Wildman–Crippen LogP) is 2.39. The molecular weight excluding hydrogens is 383 g/mol. The number of phenolic OH excluding ortho intramolecular Hbond substituents is 1. The third-order valence-corrected chi connectivity index (χ3v) is 3.66. The van der Waals surface area contributed by atoms with E-state index in [1.54, 1.807) is 36.4 Å². The van der Waals surface area contributed by atoms with Gasteiger partial charge in [0.25, 0.3) is 5.91 Å². The van der Waals surface area contributed by atoms with Crippen molar-refractivity contribution in [1.82, 2.24) is 5.32 Å². The van der Waals surface area contributed by atoms with Crippen molar-refractivity contribution in [2.45, 2.75) is 0 Å². The van der Waals surface area contributed by atoms with Crippen LogP contribution < -0.4 is 15.8 Å². The zero-order chi connectivity index (χ0) is 15.2. The molecule has 6 heteroatoms. The van der Waals surface area contributed by atoms with Gasteiger partial charge in [0.1, 0.15) is 18.1 Å². The molecule has 2 rings (SSSR count). The van der Waals surface area contributed by atoms with Crippen LogP contribution in [0.15, 0.2) is 42.5 Å². The number of hydrogen-bond acceptors (Lipinski definition) is 4. The number of amides is 1. The molecule has 0 aliphatic rings. The van der Waals surface area contributed by atoms with Crippen molar-refractivity contribution in [1.29, 1.82) is 0 Å². The number of rotatable bonds is 5. The van der Waals surface area contributed by atoms with E-state index >= 15 is 0 Å². The van der Waals surface area contributed by atoms with Crippen molar-refractivity contribution in [3.05, 3.63) is 51.6 Å². The molecule has 0 radical (unpaired) electrons. The molecule has 0 aromatic heterocycles. The van der Waals surface area contributed by atoms with Crippen LogP contribution in [0, 0.1) is 3.57 Å².